The van der Waals surface area contributed by atoms with Crippen molar-refractivity contribution in [3.63, 3.8) is 0 Å². The molecule has 0 saturated heterocycles. The number of nitrogen functional groups attached to an aromatic ring is 1. The molecule has 1 aromatic rings. The number of benzene rings is 1. The molecule has 4 N–H and O–H groups in total. The van der Waals surface area contributed by atoms with E-state index in [0.717, 1.165) is 5.56 Å². The lowest BCUT2D eigenvalue weighted by Gasteiger charge is -2.06. The molecule has 4 heteroatoms. The van der Waals surface area contributed by atoms with Crippen LogP contribution in [0.4, 0.5) is 0 Å². The average molecular weight is 194 g/mol. The van der Waals surface area contributed by atoms with Crippen LogP contribution in [0.1, 0.15) is 18.1 Å². The number of phenols is 1. The third-order valence-corrected chi connectivity index (χ3v) is 1.82. The van der Waals surface area contributed by atoms with Crippen LogP contribution in [0, 0.1) is 5.41 Å². The molecule has 0 unspecified atom stereocenters. The van der Waals surface area contributed by atoms with Crippen molar-refractivity contribution in [2.45, 2.75) is 13.5 Å². The van der Waals surface area contributed by atoms with E-state index in [2.05, 4.69) is 0 Å². The van der Waals surface area contributed by atoms with Crippen molar-refractivity contribution in [1.82, 2.24) is 0 Å². The van der Waals surface area contributed by atoms with Crippen molar-refractivity contribution in [3.8, 4) is 5.75 Å². The summed E-state index contributed by atoms with van der Waals surface area (Å²) in [6.07, 6.45) is 0. The van der Waals surface area contributed by atoms with E-state index in [9.17, 15) is 5.11 Å². The van der Waals surface area contributed by atoms with Crippen LogP contribution in [0.25, 0.3) is 0 Å². The van der Waals surface area contributed by atoms with E-state index >= 15 is 0 Å². The molecular weight excluding hydrogens is 180 g/mol. The van der Waals surface area contributed by atoms with Gasteiger partial charge in [-0.3, -0.25) is 5.41 Å². The topological polar surface area (TPSA) is 79.3 Å². The number of nitrogens with two attached hydrogens (primary N) is 1. The Morgan fingerprint density at radius 1 is 1.57 bits per heavy atom. The third kappa shape index (κ3) is 2.47. The quantitative estimate of drug-likeness (QED) is 0.498. The summed E-state index contributed by atoms with van der Waals surface area (Å²) in [7, 11) is 0. The summed E-state index contributed by atoms with van der Waals surface area (Å²) in [5.74, 6) is -0.112. The minimum atomic E-state index is -0.138. The SMILES string of the molecule is CCOCc1ccc(O)c(C(=N)N)c1. The largest absolute Gasteiger partial charge is 0.507 e. The molecule has 0 bridgehead atoms. The van der Waals surface area contributed by atoms with Crippen LogP contribution in [-0.4, -0.2) is 17.5 Å². The van der Waals surface area contributed by atoms with Gasteiger partial charge in [0, 0.05) is 6.61 Å². The summed E-state index contributed by atoms with van der Waals surface area (Å²) < 4.78 is 5.20. The Bertz CT molecular complexity index is 337. The van der Waals surface area contributed by atoms with Crippen LogP contribution in [0.5, 0.6) is 5.75 Å². The van der Waals surface area contributed by atoms with Gasteiger partial charge in [-0.15, -0.1) is 0 Å². The van der Waals surface area contributed by atoms with Crippen molar-refractivity contribution in [2.24, 2.45) is 5.73 Å². The van der Waals surface area contributed by atoms with Crippen LogP contribution in [0.3, 0.4) is 0 Å². The van der Waals surface area contributed by atoms with Crippen LogP contribution >= 0.6 is 0 Å². The Hall–Kier alpha value is -1.55. The van der Waals surface area contributed by atoms with Crippen LogP contribution < -0.4 is 5.73 Å². The van der Waals surface area contributed by atoms with Gasteiger partial charge in [-0.1, -0.05) is 6.07 Å². The molecule has 4 nitrogen and oxygen atoms in total. The Labute approximate surface area is 82.8 Å². The fourth-order valence-corrected chi connectivity index (χ4v) is 1.11. The Morgan fingerprint density at radius 2 is 2.29 bits per heavy atom. The van der Waals surface area contributed by atoms with Gasteiger partial charge in [0.15, 0.2) is 0 Å². The standard InChI is InChI=1S/C10H14N2O2/c1-2-14-6-7-3-4-9(13)8(5-7)10(11)12/h3-5,13H,2,6H2,1H3,(H3,11,12). The zero-order valence-electron chi connectivity index (χ0n) is 8.08. The van der Waals surface area contributed by atoms with Gasteiger partial charge in [0.05, 0.1) is 12.2 Å². The molecule has 0 aliphatic carbocycles. The van der Waals surface area contributed by atoms with Crippen LogP contribution in [-0.2, 0) is 11.3 Å². The average Bonchev–Trinajstić information content (AvgIpc) is 2.16. The van der Waals surface area contributed by atoms with E-state index in [4.69, 9.17) is 15.9 Å². The molecule has 0 aliphatic heterocycles. The lowest BCUT2D eigenvalue weighted by molar-refractivity contribution is 0.134. The van der Waals surface area contributed by atoms with Crippen molar-refractivity contribution >= 4 is 5.84 Å². The fourth-order valence-electron chi connectivity index (χ4n) is 1.11. The van der Waals surface area contributed by atoms with Gasteiger partial charge in [0.1, 0.15) is 11.6 Å². The minimum absolute atomic E-state index is 0.0257. The number of hydrogen-bond donors (Lipinski definition) is 3. The fraction of sp³-hybridized carbons (Fsp3) is 0.300. The monoisotopic (exact) mass is 194 g/mol. The summed E-state index contributed by atoms with van der Waals surface area (Å²) >= 11 is 0. The Morgan fingerprint density at radius 3 is 2.86 bits per heavy atom. The van der Waals surface area contributed by atoms with Crippen molar-refractivity contribution in [2.75, 3.05) is 6.61 Å². The molecule has 14 heavy (non-hydrogen) atoms. The maximum Gasteiger partial charge on any atom is 0.126 e. The molecule has 1 aromatic carbocycles. The molecule has 0 radical (unpaired) electrons. The summed E-state index contributed by atoms with van der Waals surface area (Å²) in [5.41, 5.74) is 6.54. The van der Waals surface area contributed by atoms with E-state index in [-0.39, 0.29) is 11.6 Å². The molecule has 0 atom stereocenters. The third-order valence-electron chi connectivity index (χ3n) is 1.82. The lowest BCUT2D eigenvalue weighted by atomic mass is 10.1. The first kappa shape index (κ1) is 10.5. The molecule has 1 rings (SSSR count). The van der Waals surface area contributed by atoms with Gasteiger partial charge in [0.2, 0.25) is 0 Å². The van der Waals surface area contributed by atoms with E-state index in [1.54, 1.807) is 12.1 Å². The highest BCUT2D eigenvalue weighted by atomic mass is 16.5. The smallest absolute Gasteiger partial charge is 0.126 e. The number of ether oxygens (including phenoxy) is 1. The minimum Gasteiger partial charge on any atom is -0.507 e. The highest BCUT2D eigenvalue weighted by Crippen LogP contribution is 2.18. The highest BCUT2D eigenvalue weighted by molar-refractivity contribution is 5.97. The molecule has 0 saturated carbocycles. The molecule has 76 valence electrons. The van der Waals surface area contributed by atoms with Gasteiger partial charge in [-0.2, -0.15) is 0 Å². The first-order valence-corrected chi connectivity index (χ1v) is 4.39. The zero-order valence-corrected chi connectivity index (χ0v) is 8.08. The summed E-state index contributed by atoms with van der Waals surface area (Å²) in [5, 5.41) is 16.6. The number of hydrogen-bond acceptors (Lipinski definition) is 3. The van der Waals surface area contributed by atoms with Crippen LogP contribution in [0.2, 0.25) is 0 Å². The van der Waals surface area contributed by atoms with Gasteiger partial charge >= 0.3 is 0 Å². The van der Waals surface area contributed by atoms with E-state index in [1.165, 1.54) is 6.07 Å². The predicted molar refractivity (Wildman–Crippen MR) is 54.5 cm³/mol. The predicted octanol–water partition coefficient (Wildman–Crippen LogP) is 1.21. The maximum atomic E-state index is 9.37. The second kappa shape index (κ2) is 4.62. The maximum absolute atomic E-state index is 9.37. The Balaban J connectivity index is 2.89. The van der Waals surface area contributed by atoms with Crippen molar-refractivity contribution in [1.29, 1.82) is 5.41 Å². The number of amidine groups is 1. The number of phenolic OH excluding ortho intramolecular Hbond substituents is 1. The number of nitrogens with one attached hydrogen (secondary N) is 1. The summed E-state index contributed by atoms with van der Waals surface area (Å²) in [6, 6.07) is 4.93. The molecule has 0 heterocycles. The Kier molecular flexibility index (Phi) is 3.48. The molecule has 0 aliphatic rings. The molecular formula is C10H14N2O2. The van der Waals surface area contributed by atoms with E-state index < -0.39 is 0 Å². The second-order valence-corrected chi connectivity index (χ2v) is 2.90. The molecule has 0 aromatic heterocycles. The highest BCUT2D eigenvalue weighted by Gasteiger charge is 2.05. The molecule has 0 fully saturated rings. The first-order chi connectivity index (χ1) is 6.65. The number of aromatic hydroxyl groups is 1. The molecule has 0 spiro atoms. The van der Waals surface area contributed by atoms with Crippen molar-refractivity contribution in [3.05, 3.63) is 29.3 Å². The van der Waals surface area contributed by atoms with E-state index in [1.807, 2.05) is 6.92 Å². The van der Waals surface area contributed by atoms with Crippen molar-refractivity contribution < 1.29 is 9.84 Å². The summed E-state index contributed by atoms with van der Waals surface area (Å²) in [4.78, 5) is 0. The van der Waals surface area contributed by atoms with Gasteiger partial charge in [-0.05, 0) is 24.6 Å². The van der Waals surface area contributed by atoms with Crippen LogP contribution in [0.15, 0.2) is 18.2 Å². The van der Waals surface area contributed by atoms with Gasteiger partial charge < -0.3 is 15.6 Å². The van der Waals surface area contributed by atoms with Gasteiger partial charge in [0.25, 0.3) is 0 Å². The first-order valence-electron chi connectivity index (χ1n) is 4.39. The lowest BCUT2D eigenvalue weighted by Crippen LogP contribution is -2.11. The number of rotatable bonds is 4. The second-order valence-electron chi connectivity index (χ2n) is 2.90. The normalized spacial score (nSPS) is 10.1. The zero-order chi connectivity index (χ0) is 10.6. The van der Waals surface area contributed by atoms with E-state index in [0.29, 0.717) is 18.8 Å². The van der Waals surface area contributed by atoms with Gasteiger partial charge in [-0.25, -0.2) is 0 Å². The summed E-state index contributed by atoms with van der Waals surface area (Å²) in [6.45, 7) is 3.01. The molecule has 0 amide bonds.